The van der Waals surface area contributed by atoms with E-state index < -0.39 is 78.3 Å². The van der Waals surface area contributed by atoms with Crippen molar-refractivity contribution in [3.05, 3.63) is 122 Å². The molecule has 78 heavy (non-hydrogen) atoms. The number of fused-ring (bicyclic) bond motifs is 5. The van der Waals surface area contributed by atoms with Crippen molar-refractivity contribution in [3.63, 3.8) is 0 Å². The highest BCUT2D eigenvalue weighted by Gasteiger charge is 2.43. The molecule has 0 saturated carbocycles. The predicted molar refractivity (Wildman–Crippen MR) is 281 cm³/mol. The molecule has 1 aliphatic carbocycles. The number of aromatic nitrogens is 2. The summed E-state index contributed by atoms with van der Waals surface area (Å²) in [5, 5.41) is 28.1. The van der Waals surface area contributed by atoms with Gasteiger partial charge in [0.15, 0.2) is 0 Å². The lowest BCUT2D eigenvalue weighted by Crippen LogP contribution is -2.52. The van der Waals surface area contributed by atoms with Gasteiger partial charge in [-0.2, -0.15) is 0 Å². The van der Waals surface area contributed by atoms with Crippen molar-refractivity contribution in [3.8, 4) is 11.4 Å². The molecule has 0 spiro atoms. The van der Waals surface area contributed by atoms with Gasteiger partial charge in [0, 0.05) is 54.1 Å². The number of halogens is 1. The number of hydrogen-bond acceptors (Lipinski definition) is 13. The minimum absolute atomic E-state index is 0.0528. The molecule has 412 valence electrons. The van der Waals surface area contributed by atoms with Crippen molar-refractivity contribution in [2.75, 3.05) is 32.9 Å². The lowest BCUT2D eigenvalue weighted by molar-refractivity contribution is -0.137. The number of aryl methyl sites for hydroxylation is 1. The molecule has 3 atom stereocenters. The first-order valence-electron chi connectivity index (χ1n) is 26.0. The van der Waals surface area contributed by atoms with Crippen molar-refractivity contribution >= 4 is 58.2 Å². The van der Waals surface area contributed by atoms with Crippen molar-refractivity contribution in [2.45, 2.75) is 122 Å². The zero-order valence-corrected chi connectivity index (χ0v) is 44.0. The third-order valence-corrected chi connectivity index (χ3v) is 14.6. The number of pyridine rings is 2. The first-order chi connectivity index (χ1) is 37.2. The zero-order chi connectivity index (χ0) is 56.1. The Hall–Kier alpha value is -8.11. The van der Waals surface area contributed by atoms with Gasteiger partial charge in [0.2, 0.25) is 35.4 Å². The highest BCUT2D eigenvalue weighted by molar-refractivity contribution is 6.12. The standard InChI is InChI=1S/C56H64FN9O12/c1-6-56(76)32(3)77-29-36-37(56)22-42-52-35(28-66(42)54(36)75)51-39(17-16-34-31(2)38(57)23-40(64-52)50(34)51)62-44(68)24-55(4,5)78-30-61-46(70)26-60-53(74)41(21-33-13-9-7-10-14-33)63-47(71)27-59-45(69)25-58-43(67)15-11-8-12-20-65-48(72)18-19-49(65)73/h7,9-10,13-14,18-19,22-23,39,41,76H,3,6,8,11-12,15-17,20-21,24-30H2,1-2,4-5H3,(H,58,67)(H,59,69)(H,60,74)(H,61,70)(H,62,68)(H,63,71)/t39-,41-,56+/m0/s1. The smallest absolute Gasteiger partial charge is 0.258 e. The van der Waals surface area contributed by atoms with E-state index in [-0.39, 0.29) is 81.2 Å². The zero-order valence-electron chi connectivity index (χ0n) is 44.0. The van der Waals surface area contributed by atoms with Crippen LogP contribution >= 0.6 is 0 Å². The van der Waals surface area contributed by atoms with Crippen LogP contribution in [0, 0.1) is 12.7 Å². The Kier molecular flexibility index (Phi) is 17.0. The molecule has 8 amide bonds. The second-order valence-electron chi connectivity index (χ2n) is 20.5. The van der Waals surface area contributed by atoms with Crippen LogP contribution < -0.4 is 37.5 Å². The molecule has 7 N–H and O–H groups in total. The number of imide groups is 1. The minimum Gasteiger partial charge on any atom is -0.490 e. The molecular formula is C56H64FN9O12. The Labute approximate surface area is 448 Å². The van der Waals surface area contributed by atoms with E-state index in [9.17, 15) is 48.3 Å². The van der Waals surface area contributed by atoms with Crippen LogP contribution in [0.3, 0.4) is 0 Å². The van der Waals surface area contributed by atoms with Crippen LogP contribution in [0.5, 0.6) is 0 Å². The van der Waals surface area contributed by atoms with Gasteiger partial charge >= 0.3 is 0 Å². The molecule has 4 aliphatic rings. The molecule has 0 saturated heterocycles. The summed E-state index contributed by atoms with van der Waals surface area (Å²) in [5.74, 6) is -4.45. The van der Waals surface area contributed by atoms with Crippen LogP contribution in [0.2, 0.25) is 0 Å². The van der Waals surface area contributed by atoms with E-state index in [2.05, 4.69) is 38.5 Å². The van der Waals surface area contributed by atoms with Crippen LogP contribution in [0.25, 0.3) is 22.3 Å². The molecule has 3 aliphatic heterocycles. The van der Waals surface area contributed by atoms with E-state index in [1.54, 1.807) is 68.7 Å². The average Bonchev–Trinajstić information content (AvgIpc) is 4.11. The number of rotatable bonds is 23. The topological polar surface area (TPSA) is 286 Å². The molecule has 0 bridgehead atoms. The molecule has 4 aromatic rings. The average molecular weight is 1070 g/mol. The molecule has 22 heteroatoms. The fraction of sp³-hybridized carbons (Fsp3) is 0.429. The van der Waals surface area contributed by atoms with E-state index >= 15 is 4.39 Å². The van der Waals surface area contributed by atoms with E-state index in [0.29, 0.717) is 82.2 Å². The number of hydrogen-bond donors (Lipinski definition) is 7. The van der Waals surface area contributed by atoms with Crippen LogP contribution in [0.15, 0.2) is 71.7 Å². The van der Waals surface area contributed by atoms with Gasteiger partial charge < -0.3 is 51.0 Å². The molecule has 0 radical (unpaired) electrons. The lowest BCUT2D eigenvalue weighted by Gasteiger charge is -2.35. The van der Waals surface area contributed by atoms with Crippen molar-refractivity contribution in [1.82, 2.24) is 46.4 Å². The van der Waals surface area contributed by atoms with Crippen LogP contribution in [-0.4, -0.2) is 111 Å². The van der Waals surface area contributed by atoms with Crippen LogP contribution in [0.4, 0.5) is 4.39 Å². The Bertz CT molecular complexity index is 3190. The van der Waals surface area contributed by atoms with Gasteiger partial charge in [0.05, 0.1) is 66.7 Å². The summed E-state index contributed by atoms with van der Waals surface area (Å²) in [6, 6.07) is 10.2. The highest BCUT2D eigenvalue weighted by Crippen LogP contribution is 2.47. The summed E-state index contributed by atoms with van der Waals surface area (Å²) in [7, 11) is 0. The van der Waals surface area contributed by atoms with E-state index in [1.807, 2.05) is 0 Å². The number of ether oxygens (including phenoxy) is 2. The monoisotopic (exact) mass is 1070 g/mol. The molecule has 0 unspecified atom stereocenters. The molecule has 8 rings (SSSR count). The second kappa shape index (κ2) is 23.6. The number of nitrogens with one attached hydrogen (secondary N) is 6. The number of unbranched alkanes of at least 4 members (excludes halogenated alkanes) is 2. The summed E-state index contributed by atoms with van der Waals surface area (Å²) < 4.78 is 28.7. The predicted octanol–water partition coefficient (Wildman–Crippen LogP) is 2.44. The molecule has 0 fully saturated rings. The lowest BCUT2D eigenvalue weighted by atomic mass is 9.81. The Morgan fingerprint density at radius 3 is 2.32 bits per heavy atom. The number of carbonyl (C=O) groups is 8. The van der Waals surface area contributed by atoms with Gasteiger partial charge in [-0.05, 0) is 81.2 Å². The fourth-order valence-electron chi connectivity index (χ4n) is 10.4. The first-order valence-corrected chi connectivity index (χ1v) is 26.0. The molecule has 21 nitrogen and oxygen atoms in total. The second-order valence-corrected chi connectivity index (χ2v) is 20.5. The molecular weight excluding hydrogens is 1010 g/mol. The third-order valence-electron chi connectivity index (χ3n) is 14.6. The van der Waals surface area contributed by atoms with Crippen molar-refractivity contribution in [2.24, 2.45) is 0 Å². The van der Waals surface area contributed by atoms with Crippen molar-refractivity contribution in [1.29, 1.82) is 0 Å². The third kappa shape index (κ3) is 12.3. The van der Waals surface area contributed by atoms with Crippen molar-refractivity contribution < 1.29 is 57.3 Å². The molecule has 2 aromatic heterocycles. The number of carbonyl (C=O) groups excluding carboxylic acids is 8. The number of nitrogens with zero attached hydrogens (tertiary/aromatic N) is 3. The SMILES string of the molecule is C=C1OCc2c(cc3n(c2=O)Cc2c-3nc3cc(F)c(C)c4c3c2[C@@H](NC(=O)CC(C)(C)OCNC(=O)CNC(=O)[C@H](Cc2ccccc2)NC(=O)CNC(=O)CNC(=O)CCCCCN2C(=O)C=CC2=O)CC4)[C@@]1(O)CC. The number of aliphatic hydroxyl groups is 1. The Morgan fingerprint density at radius 2 is 1.59 bits per heavy atom. The molecule has 5 heterocycles. The van der Waals surface area contributed by atoms with E-state index in [1.165, 1.54) is 18.2 Å². The Balaban J connectivity index is 0.814. The van der Waals surface area contributed by atoms with Gasteiger partial charge in [-0.3, -0.25) is 48.1 Å². The summed E-state index contributed by atoms with van der Waals surface area (Å²) >= 11 is 0. The maximum absolute atomic E-state index is 15.5. The normalized spacial score (nSPS) is 17.4. The Morgan fingerprint density at radius 1 is 0.897 bits per heavy atom. The van der Waals surface area contributed by atoms with E-state index in [4.69, 9.17) is 14.5 Å². The van der Waals surface area contributed by atoms with E-state index in [0.717, 1.165) is 16.0 Å². The molecule has 2 aromatic carbocycles. The maximum atomic E-state index is 15.5. The quantitative estimate of drug-likeness (QED) is 0.0282. The van der Waals surface area contributed by atoms with Crippen LogP contribution in [0.1, 0.15) is 111 Å². The largest absolute Gasteiger partial charge is 0.490 e. The number of amides is 8. The summed E-state index contributed by atoms with van der Waals surface area (Å²) in [4.78, 5) is 122. The fourth-order valence-corrected chi connectivity index (χ4v) is 10.4. The van der Waals surface area contributed by atoms with Gasteiger partial charge in [-0.15, -0.1) is 0 Å². The van der Waals surface area contributed by atoms with Crippen LogP contribution in [-0.2, 0) is 79.4 Å². The highest BCUT2D eigenvalue weighted by atomic mass is 19.1. The van der Waals surface area contributed by atoms with Gasteiger partial charge in [-0.25, -0.2) is 9.37 Å². The number of benzene rings is 2. The first kappa shape index (κ1) is 56.1. The van der Waals surface area contributed by atoms with Gasteiger partial charge in [0.1, 0.15) is 36.6 Å². The maximum Gasteiger partial charge on any atom is 0.258 e. The summed E-state index contributed by atoms with van der Waals surface area (Å²) in [6.07, 6.45) is 5.09. The van der Waals surface area contributed by atoms with Gasteiger partial charge in [0.25, 0.3) is 17.4 Å². The summed E-state index contributed by atoms with van der Waals surface area (Å²) in [6.45, 7) is 9.33. The minimum atomic E-state index is -1.60. The summed E-state index contributed by atoms with van der Waals surface area (Å²) in [5.41, 5.74) is 2.30. The van der Waals surface area contributed by atoms with Gasteiger partial charge in [-0.1, -0.05) is 50.3 Å².